The zero-order valence-corrected chi connectivity index (χ0v) is 7.20. The maximum absolute atomic E-state index is 9.28. The van der Waals surface area contributed by atoms with Gasteiger partial charge in [0.2, 0.25) is 0 Å². The van der Waals surface area contributed by atoms with Crippen molar-refractivity contribution in [3.05, 3.63) is 0 Å². The van der Waals surface area contributed by atoms with E-state index in [1.54, 1.807) is 0 Å². The molecule has 0 amide bonds. The van der Waals surface area contributed by atoms with E-state index in [1.807, 2.05) is 0 Å². The highest BCUT2D eigenvalue weighted by atomic mass is 16.7. The third-order valence-electron chi connectivity index (χ3n) is 2.09. The number of methoxy groups -OCH3 is 1. The fourth-order valence-electron chi connectivity index (χ4n) is 1.36. The molecule has 6 nitrogen and oxygen atoms in total. The largest absolute Gasteiger partial charge is 0.394 e. The van der Waals surface area contributed by atoms with Gasteiger partial charge in [0.25, 0.3) is 0 Å². The third kappa shape index (κ3) is 1.98. The molecule has 0 aromatic rings. The number of hydrogen-bond acceptors (Lipinski definition) is 6. The van der Waals surface area contributed by atoms with E-state index >= 15 is 0 Å². The Bertz CT molecular complexity index is 163. The summed E-state index contributed by atoms with van der Waals surface area (Å²) in [5, 5.41) is 36.2. The maximum atomic E-state index is 9.28. The van der Waals surface area contributed by atoms with E-state index in [0.29, 0.717) is 0 Å². The Morgan fingerprint density at radius 2 is 2.08 bits per heavy atom. The highest BCUT2D eigenvalue weighted by Gasteiger charge is 2.46. The van der Waals surface area contributed by atoms with E-state index in [9.17, 15) is 10.2 Å². The van der Waals surface area contributed by atoms with Crippen molar-refractivity contribution in [2.24, 2.45) is 0 Å². The van der Waals surface area contributed by atoms with Gasteiger partial charge in [-0.2, -0.15) is 0 Å². The molecule has 1 saturated heterocycles. The summed E-state index contributed by atoms with van der Waals surface area (Å²) in [6, 6.07) is 0. The second-order valence-electron chi connectivity index (χ2n) is 2.93. The topological polar surface area (TPSA) is 99.4 Å². The van der Waals surface area contributed by atoms with Crippen LogP contribution in [0.5, 0.6) is 0 Å². The van der Waals surface area contributed by atoms with E-state index in [2.05, 4.69) is 0 Å². The van der Waals surface area contributed by atoms with E-state index in [4.69, 9.17) is 19.7 Å². The Labute approximate surface area is 75.3 Å². The minimum atomic E-state index is -1.38. The molecule has 1 fully saturated rings. The zero-order valence-electron chi connectivity index (χ0n) is 7.20. The Hall–Kier alpha value is -0.240. The van der Waals surface area contributed by atoms with Gasteiger partial charge in [-0.1, -0.05) is 0 Å². The van der Waals surface area contributed by atoms with Crippen LogP contribution in [0.15, 0.2) is 0 Å². The molecule has 78 valence electrons. The summed E-state index contributed by atoms with van der Waals surface area (Å²) in [6.45, 7) is -0.510. The number of aliphatic hydroxyl groups is 4. The Kier molecular flexibility index (Phi) is 3.60. The normalized spacial score (nSPS) is 42.2. The summed E-state index contributed by atoms with van der Waals surface area (Å²) in [4.78, 5) is 0. The molecule has 13 heavy (non-hydrogen) atoms. The lowest BCUT2D eigenvalue weighted by Gasteiger charge is -2.21. The van der Waals surface area contributed by atoms with E-state index < -0.39 is 37.3 Å². The first kappa shape index (κ1) is 10.8. The average Bonchev–Trinajstić information content (AvgIpc) is 2.42. The summed E-state index contributed by atoms with van der Waals surface area (Å²) in [6.07, 6.45) is -5.47. The molecule has 0 radical (unpaired) electrons. The van der Waals surface area contributed by atoms with Gasteiger partial charge in [0.15, 0.2) is 6.29 Å². The van der Waals surface area contributed by atoms with Gasteiger partial charge in [0.05, 0.1) is 6.61 Å². The molecule has 1 aliphatic heterocycles. The first-order chi connectivity index (χ1) is 6.11. The second-order valence-corrected chi connectivity index (χ2v) is 2.93. The molecule has 0 aromatic heterocycles. The third-order valence-corrected chi connectivity index (χ3v) is 2.09. The number of aliphatic hydroxyl groups excluding tert-OH is 4. The van der Waals surface area contributed by atoms with Crippen molar-refractivity contribution < 1.29 is 29.9 Å². The first-order valence-electron chi connectivity index (χ1n) is 3.95. The Morgan fingerprint density at radius 3 is 2.54 bits per heavy atom. The summed E-state index contributed by atoms with van der Waals surface area (Å²) >= 11 is 0. The average molecular weight is 194 g/mol. The van der Waals surface area contributed by atoms with Crippen molar-refractivity contribution in [3.8, 4) is 0 Å². The van der Waals surface area contributed by atoms with Gasteiger partial charge >= 0.3 is 0 Å². The van der Waals surface area contributed by atoms with Crippen LogP contribution in [0.3, 0.4) is 0 Å². The molecule has 1 rings (SSSR count). The smallest absolute Gasteiger partial charge is 0.184 e. The molecule has 1 aliphatic rings. The van der Waals surface area contributed by atoms with Gasteiger partial charge in [-0.05, 0) is 0 Å². The van der Waals surface area contributed by atoms with Crippen molar-refractivity contribution in [1.29, 1.82) is 0 Å². The molecule has 5 atom stereocenters. The van der Waals surface area contributed by atoms with Crippen molar-refractivity contribution in [2.45, 2.75) is 30.7 Å². The molecular formula is C7H14O6. The summed E-state index contributed by atoms with van der Waals surface area (Å²) < 4.78 is 9.62. The van der Waals surface area contributed by atoms with Gasteiger partial charge in [-0.25, -0.2) is 0 Å². The van der Waals surface area contributed by atoms with Crippen LogP contribution < -0.4 is 0 Å². The van der Waals surface area contributed by atoms with Crippen LogP contribution in [0, 0.1) is 0 Å². The highest BCUT2D eigenvalue weighted by molar-refractivity contribution is 4.90. The molecule has 1 heterocycles. The van der Waals surface area contributed by atoms with Crippen LogP contribution in [0.1, 0.15) is 0 Å². The highest BCUT2D eigenvalue weighted by Crippen LogP contribution is 2.24. The molecule has 0 spiro atoms. The molecular weight excluding hydrogens is 180 g/mol. The lowest BCUT2D eigenvalue weighted by Crippen LogP contribution is -2.41. The minimum absolute atomic E-state index is 0.510. The van der Waals surface area contributed by atoms with Gasteiger partial charge in [0, 0.05) is 7.11 Å². The predicted octanol–water partition coefficient (Wildman–Crippen LogP) is -2.57. The second kappa shape index (κ2) is 4.32. The van der Waals surface area contributed by atoms with Crippen LogP contribution in [-0.2, 0) is 9.47 Å². The van der Waals surface area contributed by atoms with Crippen molar-refractivity contribution >= 4 is 0 Å². The molecule has 4 N–H and O–H groups in total. The van der Waals surface area contributed by atoms with Crippen LogP contribution in [0.25, 0.3) is 0 Å². The summed E-state index contributed by atoms with van der Waals surface area (Å²) in [7, 11) is 1.33. The van der Waals surface area contributed by atoms with E-state index in [-0.39, 0.29) is 0 Å². The Morgan fingerprint density at radius 1 is 1.46 bits per heavy atom. The van der Waals surface area contributed by atoms with Gasteiger partial charge in [0.1, 0.15) is 24.4 Å². The lowest BCUT2D eigenvalue weighted by molar-refractivity contribution is -0.150. The minimum Gasteiger partial charge on any atom is -0.394 e. The molecule has 0 saturated carbocycles. The SMILES string of the molecule is CO[C@@H]1[C@@H](O)[C@H](O)O[C@H]1[C@H](O)CO. The fraction of sp³-hybridized carbons (Fsp3) is 1.00. The van der Waals surface area contributed by atoms with Crippen molar-refractivity contribution in [2.75, 3.05) is 13.7 Å². The predicted molar refractivity (Wildman–Crippen MR) is 40.8 cm³/mol. The molecule has 0 aliphatic carbocycles. The fourth-order valence-corrected chi connectivity index (χ4v) is 1.36. The number of hydrogen-bond donors (Lipinski definition) is 4. The van der Waals surface area contributed by atoms with E-state index in [1.165, 1.54) is 7.11 Å². The maximum Gasteiger partial charge on any atom is 0.184 e. The molecule has 0 unspecified atom stereocenters. The van der Waals surface area contributed by atoms with Crippen molar-refractivity contribution in [3.63, 3.8) is 0 Å². The first-order valence-corrected chi connectivity index (χ1v) is 3.95. The van der Waals surface area contributed by atoms with Crippen LogP contribution in [0.2, 0.25) is 0 Å². The van der Waals surface area contributed by atoms with Crippen LogP contribution >= 0.6 is 0 Å². The number of rotatable bonds is 3. The number of ether oxygens (including phenoxy) is 2. The van der Waals surface area contributed by atoms with Crippen molar-refractivity contribution in [1.82, 2.24) is 0 Å². The van der Waals surface area contributed by atoms with Crippen LogP contribution in [-0.4, -0.2) is 64.8 Å². The van der Waals surface area contributed by atoms with Gasteiger partial charge in [-0.15, -0.1) is 0 Å². The Balaban J connectivity index is 2.64. The van der Waals surface area contributed by atoms with E-state index in [0.717, 1.165) is 0 Å². The quantitative estimate of drug-likeness (QED) is 0.394. The molecule has 6 heteroatoms. The lowest BCUT2D eigenvalue weighted by atomic mass is 10.1. The van der Waals surface area contributed by atoms with Gasteiger partial charge in [-0.3, -0.25) is 0 Å². The van der Waals surface area contributed by atoms with Gasteiger partial charge < -0.3 is 29.9 Å². The molecule has 0 bridgehead atoms. The molecule has 0 aromatic carbocycles. The van der Waals surface area contributed by atoms with Crippen LogP contribution in [0.4, 0.5) is 0 Å². The zero-order chi connectivity index (χ0) is 10.0. The summed E-state index contributed by atoms with van der Waals surface area (Å²) in [5.41, 5.74) is 0. The summed E-state index contributed by atoms with van der Waals surface area (Å²) in [5.74, 6) is 0. The monoisotopic (exact) mass is 194 g/mol. The standard InChI is InChI=1S/C7H14O6/c1-12-6-4(10)7(11)13-5(6)3(9)2-8/h3-11H,2H2,1H3/t3-,4-,5+,6-,7-/m1/s1.